The van der Waals surface area contributed by atoms with Crippen LogP contribution in [0.1, 0.15) is 49.4 Å². The Bertz CT molecular complexity index is 2090. The van der Waals surface area contributed by atoms with Gasteiger partial charge >= 0.3 is 15.8 Å². The summed E-state index contributed by atoms with van der Waals surface area (Å²) in [6.07, 6.45) is 1.39. The summed E-state index contributed by atoms with van der Waals surface area (Å²) < 4.78 is 55.7. The first-order valence-electron chi connectivity index (χ1n) is 17.3. The molecule has 1 aromatic heterocycles. The van der Waals surface area contributed by atoms with Crippen molar-refractivity contribution >= 4 is 44.4 Å². The molecule has 4 heterocycles. The highest BCUT2D eigenvalue weighted by molar-refractivity contribution is 7.87. The number of halogens is 1. The van der Waals surface area contributed by atoms with Gasteiger partial charge in [-0.25, -0.2) is 13.9 Å². The number of fused-ring (bicyclic) bond motifs is 4. The molecule has 3 fully saturated rings. The lowest BCUT2D eigenvalue weighted by Crippen LogP contribution is -2.53. The van der Waals surface area contributed by atoms with Crippen LogP contribution < -0.4 is 20.1 Å². The van der Waals surface area contributed by atoms with Gasteiger partial charge in [0, 0.05) is 77.1 Å². The molecule has 3 atom stereocenters. The molecule has 2 amide bonds. The molecule has 51 heavy (non-hydrogen) atoms. The number of ether oxygens (including phenoxy) is 1. The minimum atomic E-state index is -4.14. The van der Waals surface area contributed by atoms with Crippen LogP contribution in [-0.4, -0.2) is 115 Å². The third-order valence-electron chi connectivity index (χ3n) is 11.1. The molecular weight excluding hydrogens is 679 g/mol. The maximum Gasteiger partial charge on any atom is 0.341 e. The number of carbonyl (C=O) groups is 2. The molecule has 0 radical (unpaired) electrons. The van der Waals surface area contributed by atoms with Gasteiger partial charge in [-0.05, 0) is 74.9 Å². The van der Waals surface area contributed by atoms with Gasteiger partial charge < -0.3 is 23.9 Å². The van der Waals surface area contributed by atoms with Crippen molar-refractivity contribution in [1.82, 2.24) is 18.8 Å². The normalized spacial score (nSPS) is 22.0. The van der Waals surface area contributed by atoms with Crippen molar-refractivity contribution in [2.45, 2.75) is 39.3 Å². The number of hydrogen-bond acceptors (Lipinski definition) is 10. The minimum Gasteiger partial charge on any atom is -0.422 e. The molecule has 0 spiro atoms. The monoisotopic (exact) mass is 724 g/mol. The van der Waals surface area contributed by atoms with Gasteiger partial charge in [0.25, 0.3) is 11.8 Å². The van der Waals surface area contributed by atoms with Crippen LogP contribution in [0.3, 0.4) is 0 Å². The second-order valence-electron chi connectivity index (χ2n) is 14.6. The number of nitrogens with zero attached hydrogens (tertiary/aromatic N) is 5. The molecule has 1 saturated carbocycles. The number of piperazine rings is 1. The number of amides is 2. The molecule has 2 saturated heterocycles. The van der Waals surface area contributed by atoms with Gasteiger partial charge in [0.15, 0.2) is 5.82 Å². The third-order valence-corrected chi connectivity index (χ3v) is 12.5. The predicted octanol–water partition coefficient (Wildman–Crippen LogP) is 2.51. The van der Waals surface area contributed by atoms with E-state index in [1.54, 1.807) is 12.0 Å². The fourth-order valence-corrected chi connectivity index (χ4v) is 8.55. The Morgan fingerprint density at radius 3 is 2.43 bits per heavy atom. The van der Waals surface area contributed by atoms with Crippen molar-refractivity contribution in [2.24, 2.45) is 11.8 Å². The lowest BCUT2D eigenvalue weighted by molar-refractivity contribution is 0.0727. The Balaban J connectivity index is 1.19. The molecule has 0 bridgehead atoms. The summed E-state index contributed by atoms with van der Waals surface area (Å²) in [5, 5.41) is 0.865. The van der Waals surface area contributed by atoms with Crippen molar-refractivity contribution < 1.29 is 31.6 Å². The molecule has 4 aliphatic rings. The van der Waals surface area contributed by atoms with Crippen LogP contribution in [0, 0.1) is 31.5 Å². The Kier molecular flexibility index (Phi) is 9.13. The standard InChI is InChI=1S/C36H45FN6O7S/c1-20-13-29(41-12-11-40(5)24(17-41)19-49-6)21(2)33-30(20)25-9-10-42(18-28(25)36(46)50-33)35(45)26-7-8-27(34(44)38-51(47,48)39(3)4)32(31(26)37)43-15-22-14-23(22)16-43/h7-8,13,22-24H,9-12,14-19H2,1-6H3,(H,38,44)/t22?,23?,24-/m1/s1. The minimum absolute atomic E-state index is 0.0597. The maximum atomic E-state index is 16.5. The average Bonchev–Trinajstić information content (AvgIpc) is 3.70. The second-order valence-corrected chi connectivity index (χ2v) is 16.5. The van der Waals surface area contributed by atoms with Crippen LogP contribution in [0.25, 0.3) is 11.0 Å². The first-order valence-corrected chi connectivity index (χ1v) is 18.8. The largest absolute Gasteiger partial charge is 0.422 e. The second kappa shape index (κ2) is 13.2. The zero-order valence-electron chi connectivity index (χ0n) is 29.9. The highest BCUT2D eigenvalue weighted by atomic mass is 32.2. The fourth-order valence-electron chi connectivity index (χ4n) is 8.03. The number of carbonyl (C=O) groups excluding carboxylic acids is 2. The van der Waals surface area contributed by atoms with Gasteiger partial charge in [-0.1, -0.05) is 0 Å². The van der Waals surface area contributed by atoms with Gasteiger partial charge in [-0.2, -0.15) is 12.7 Å². The highest BCUT2D eigenvalue weighted by Gasteiger charge is 2.47. The van der Waals surface area contributed by atoms with E-state index in [4.69, 9.17) is 9.15 Å². The van der Waals surface area contributed by atoms with Gasteiger partial charge in [0.1, 0.15) is 5.58 Å². The summed E-state index contributed by atoms with van der Waals surface area (Å²) >= 11 is 0. The average molecular weight is 725 g/mol. The molecule has 13 nitrogen and oxygen atoms in total. The summed E-state index contributed by atoms with van der Waals surface area (Å²) in [4.78, 5) is 48.6. The fraction of sp³-hybridized carbons (Fsp3) is 0.528. The van der Waals surface area contributed by atoms with Crippen LogP contribution in [0.2, 0.25) is 0 Å². The number of anilines is 2. The van der Waals surface area contributed by atoms with Crippen LogP contribution in [-0.2, 0) is 27.9 Å². The van der Waals surface area contributed by atoms with E-state index in [0.717, 1.165) is 58.1 Å². The first-order chi connectivity index (χ1) is 24.2. The van der Waals surface area contributed by atoms with E-state index in [0.29, 0.717) is 49.1 Å². The van der Waals surface area contributed by atoms with Crippen molar-refractivity contribution in [3.05, 3.63) is 67.8 Å². The van der Waals surface area contributed by atoms with Crippen molar-refractivity contribution in [2.75, 3.05) is 83.9 Å². The van der Waals surface area contributed by atoms with Gasteiger partial charge in [-0.15, -0.1) is 0 Å². The molecule has 15 heteroatoms. The molecule has 7 rings (SSSR count). The van der Waals surface area contributed by atoms with E-state index in [1.165, 1.54) is 31.1 Å². The number of nitrogens with one attached hydrogen (secondary N) is 1. The molecular formula is C36H45FN6O7S. The number of benzene rings is 2. The third kappa shape index (κ3) is 6.27. The quantitative estimate of drug-likeness (QED) is 0.346. The van der Waals surface area contributed by atoms with Crippen molar-refractivity contribution in [1.29, 1.82) is 0 Å². The Morgan fingerprint density at radius 2 is 1.75 bits per heavy atom. The van der Waals surface area contributed by atoms with E-state index < -0.39 is 33.5 Å². The number of piperidine rings is 1. The summed E-state index contributed by atoms with van der Waals surface area (Å²) in [6.45, 7) is 8.27. The summed E-state index contributed by atoms with van der Waals surface area (Å²) in [7, 11) is 2.21. The summed E-state index contributed by atoms with van der Waals surface area (Å²) in [5.41, 5.74) is 3.58. The Morgan fingerprint density at radius 1 is 1.04 bits per heavy atom. The smallest absolute Gasteiger partial charge is 0.341 e. The van der Waals surface area contributed by atoms with Crippen molar-refractivity contribution in [3.8, 4) is 0 Å². The number of methoxy groups -OCH3 is 1. The zero-order valence-corrected chi connectivity index (χ0v) is 30.7. The number of rotatable bonds is 8. The van der Waals surface area contributed by atoms with Gasteiger partial charge in [0.2, 0.25) is 0 Å². The van der Waals surface area contributed by atoms with Gasteiger partial charge in [0.05, 0.1) is 41.6 Å². The molecule has 274 valence electrons. The van der Waals surface area contributed by atoms with Gasteiger partial charge in [-0.3, -0.25) is 14.5 Å². The van der Waals surface area contributed by atoms with E-state index in [9.17, 15) is 22.8 Å². The predicted molar refractivity (Wildman–Crippen MR) is 191 cm³/mol. The van der Waals surface area contributed by atoms with E-state index in [1.807, 2.05) is 18.6 Å². The van der Waals surface area contributed by atoms with Crippen LogP contribution >= 0.6 is 0 Å². The zero-order chi connectivity index (χ0) is 36.5. The highest BCUT2D eigenvalue weighted by Crippen LogP contribution is 2.47. The SMILES string of the molecule is COC[C@H]1CN(c2cc(C)c3c4c(c(=O)oc3c2C)CN(C(=O)c2ccc(C(=O)NS(=O)(=O)N(C)C)c(N3CC5CC5C3)c2F)CC4)CCN1C. The van der Waals surface area contributed by atoms with Crippen molar-refractivity contribution in [3.63, 3.8) is 0 Å². The molecule has 2 aromatic carbocycles. The number of hydrogen-bond donors (Lipinski definition) is 1. The van der Waals surface area contributed by atoms with E-state index in [-0.39, 0.29) is 35.9 Å². The van der Waals surface area contributed by atoms with Crippen LogP contribution in [0.15, 0.2) is 27.4 Å². The van der Waals surface area contributed by atoms with Crippen LogP contribution in [0.4, 0.5) is 15.8 Å². The molecule has 3 aliphatic heterocycles. The molecule has 3 aromatic rings. The lowest BCUT2D eigenvalue weighted by Gasteiger charge is -2.41. The molecule has 1 aliphatic carbocycles. The first kappa shape index (κ1) is 35.4. The summed E-state index contributed by atoms with van der Waals surface area (Å²) in [6, 6.07) is 4.90. The van der Waals surface area contributed by atoms with E-state index >= 15 is 4.39 Å². The topological polar surface area (TPSA) is 136 Å². The maximum absolute atomic E-state index is 16.5. The molecule has 2 unspecified atom stereocenters. The number of likely N-dealkylation sites (N-methyl/N-ethyl adjacent to an activating group) is 1. The Hall–Kier alpha value is -4.05. The number of aryl methyl sites for hydroxylation is 2. The Labute approximate surface area is 297 Å². The van der Waals surface area contributed by atoms with Crippen LogP contribution in [0.5, 0.6) is 0 Å². The lowest BCUT2D eigenvalue weighted by atomic mass is 9.92. The summed E-state index contributed by atoms with van der Waals surface area (Å²) in [5.74, 6) is -1.75. The van der Waals surface area contributed by atoms with E-state index in [2.05, 4.69) is 22.9 Å². The molecule has 1 N–H and O–H groups in total.